The Labute approximate surface area is 167 Å². The van der Waals surface area contributed by atoms with Gasteiger partial charge in [0.2, 0.25) is 15.9 Å². The molecule has 1 N–H and O–H groups in total. The summed E-state index contributed by atoms with van der Waals surface area (Å²) in [4.78, 5) is 12.8. The van der Waals surface area contributed by atoms with Crippen molar-refractivity contribution in [1.29, 1.82) is 0 Å². The molecule has 28 heavy (non-hydrogen) atoms. The number of piperidine rings is 1. The van der Waals surface area contributed by atoms with Gasteiger partial charge in [-0.15, -0.1) is 0 Å². The van der Waals surface area contributed by atoms with E-state index >= 15 is 0 Å². The topological polar surface area (TPSA) is 66.5 Å². The highest BCUT2D eigenvalue weighted by Gasteiger charge is 2.31. The van der Waals surface area contributed by atoms with Crippen LogP contribution in [0.3, 0.4) is 0 Å². The lowest BCUT2D eigenvalue weighted by atomic mass is 9.97. The molecule has 1 saturated heterocycles. The van der Waals surface area contributed by atoms with Crippen LogP contribution in [0, 0.1) is 19.8 Å². The van der Waals surface area contributed by atoms with Crippen LogP contribution >= 0.6 is 0 Å². The van der Waals surface area contributed by atoms with Crippen LogP contribution < -0.4 is 5.32 Å². The summed E-state index contributed by atoms with van der Waals surface area (Å²) in [6.07, 6.45) is 1.92. The van der Waals surface area contributed by atoms with E-state index in [0.29, 0.717) is 37.4 Å². The van der Waals surface area contributed by atoms with Crippen LogP contribution in [0.25, 0.3) is 0 Å². The highest BCUT2D eigenvalue weighted by molar-refractivity contribution is 7.89. The zero-order valence-electron chi connectivity index (χ0n) is 16.5. The largest absolute Gasteiger partial charge is 0.356 e. The van der Waals surface area contributed by atoms with Gasteiger partial charge < -0.3 is 5.32 Å². The number of nitrogens with zero attached hydrogens (tertiary/aromatic N) is 1. The molecule has 1 amide bonds. The SMILES string of the molecule is Cc1ccc(S(=O)(=O)N2CCC(C(=O)NCCc3ccccc3C)CC2)cc1. The number of amides is 1. The molecule has 0 saturated carbocycles. The molecular formula is C22H28N2O3S. The van der Waals surface area contributed by atoms with E-state index in [4.69, 9.17) is 0 Å². The fourth-order valence-electron chi connectivity index (χ4n) is 3.57. The van der Waals surface area contributed by atoms with Crippen LogP contribution in [0.5, 0.6) is 0 Å². The molecule has 5 nitrogen and oxygen atoms in total. The second-order valence-electron chi connectivity index (χ2n) is 7.46. The van der Waals surface area contributed by atoms with E-state index < -0.39 is 10.0 Å². The molecule has 1 aliphatic heterocycles. The molecule has 3 rings (SSSR count). The molecule has 0 unspecified atom stereocenters. The highest BCUT2D eigenvalue weighted by Crippen LogP contribution is 2.24. The van der Waals surface area contributed by atoms with Crippen LogP contribution in [0.4, 0.5) is 0 Å². The summed E-state index contributed by atoms with van der Waals surface area (Å²) in [5, 5.41) is 3.01. The molecule has 1 fully saturated rings. The molecule has 0 spiro atoms. The van der Waals surface area contributed by atoms with Gasteiger partial charge in [0.1, 0.15) is 0 Å². The first-order chi connectivity index (χ1) is 13.4. The Morgan fingerprint density at radius 3 is 2.32 bits per heavy atom. The van der Waals surface area contributed by atoms with Gasteiger partial charge in [0.25, 0.3) is 0 Å². The molecule has 1 aliphatic rings. The minimum atomic E-state index is -3.48. The Bertz CT molecular complexity index is 915. The second-order valence-corrected chi connectivity index (χ2v) is 9.40. The lowest BCUT2D eigenvalue weighted by Crippen LogP contribution is -2.43. The maximum Gasteiger partial charge on any atom is 0.243 e. The van der Waals surface area contributed by atoms with E-state index in [1.165, 1.54) is 15.4 Å². The van der Waals surface area contributed by atoms with Crippen molar-refractivity contribution in [1.82, 2.24) is 9.62 Å². The first-order valence-electron chi connectivity index (χ1n) is 9.77. The zero-order valence-corrected chi connectivity index (χ0v) is 17.3. The molecule has 0 atom stereocenters. The number of rotatable bonds is 6. The van der Waals surface area contributed by atoms with Crippen LogP contribution in [-0.4, -0.2) is 38.3 Å². The van der Waals surface area contributed by atoms with Gasteiger partial charge in [-0.1, -0.05) is 42.0 Å². The average Bonchev–Trinajstić information content (AvgIpc) is 2.70. The third-order valence-corrected chi connectivity index (χ3v) is 7.35. The van der Waals surface area contributed by atoms with E-state index in [1.54, 1.807) is 12.1 Å². The Hall–Kier alpha value is -2.18. The summed E-state index contributed by atoms with van der Waals surface area (Å²) in [6, 6.07) is 15.1. The van der Waals surface area contributed by atoms with E-state index in [1.807, 2.05) is 31.2 Å². The third-order valence-electron chi connectivity index (χ3n) is 5.44. The summed E-state index contributed by atoms with van der Waals surface area (Å²) in [7, 11) is -3.48. The number of carbonyl (C=O) groups excluding carboxylic acids is 1. The number of aryl methyl sites for hydroxylation is 2. The molecule has 0 aromatic heterocycles. The molecular weight excluding hydrogens is 372 g/mol. The van der Waals surface area contributed by atoms with Gasteiger partial charge in [-0.2, -0.15) is 4.31 Å². The number of hydrogen-bond acceptors (Lipinski definition) is 3. The molecule has 2 aromatic carbocycles. The van der Waals surface area contributed by atoms with Crippen molar-refractivity contribution in [3.05, 3.63) is 65.2 Å². The van der Waals surface area contributed by atoms with Crippen LogP contribution in [0.15, 0.2) is 53.4 Å². The van der Waals surface area contributed by atoms with Crippen molar-refractivity contribution in [2.24, 2.45) is 5.92 Å². The standard InChI is InChI=1S/C22H28N2O3S/c1-17-7-9-21(10-8-17)28(26,27)24-15-12-20(13-16-24)22(25)23-14-11-19-6-4-3-5-18(19)2/h3-10,20H,11-16H2,1-2H3,(H,23,25). The second kappa shape index (κ2) is 8.88. The van der Waals surface area contributed by atoms with Crippen molar-refractivity contribution in [3.63, 3.8) is 0 Å². The predicted molar refractivity (Wildman–Crippen MR) is 111 cm³/mol. The van der Waals surface area contributed by atoms with Gasteiger partial charge in [-0.3, -0.25) is 4.79 Å². The first-order valence-corrected chi connectivity index (χ1v) is 11.2. The molecule has 0 aliphatic carbocycles. The molecule has 1 heterocycles. The molecule has 0 bridgehead atoms. The van der Waals surface area contributed by atoms with Crippen molar-refractivity contribution in [2.75, 3.05) is 19.6 Å². The highest BCUT2D eigenvalue weighted by atomic mass is 32.2. The fraction of sp³-hybridized carbons (Fsp3) is 0.409. The lowest BCUT2D eigenvalue weighted by molar-refractivity contribution is -0.126. The summed E-state index contributed by atoms with van der Waals surface area (Å²) in [5.41, 5.74) is 3.49. The van der Waals surface area contributed by atoms with E-state index in [0.717, 1.165) is 12.0 Å². The smallest absolute Gasteiger partial charge is 0.243 e. The van der Waals surface area contributed by atoms with Gasteiger partial charge in [0.15, 0.2) is 0 Å². The maximum atomic E-state index is 12.8. The quantitative estimate of drug-likeness (QED) is 0.810. The summed E-state index contributed by atoms with van der Waals surface area (Å²) < 4.78 is 27.0. The monoisotopic (exact) mass is 400 g/mol. The van der Waals surface area contributed by atoms with Crippen molar-refractivity contribution in [2.45, 2.75) is 38.0 Å². The van der Waals surface area contributed by atoms with Gasteiger partial charge in [-0.25, -0.2) is 8.42 Å². The van der Waals surface area contributed by atoms with E-state index in [2.05, 4.69) is 24.4 Å². The van der Waals surface area contributed by atoms with Crippen molar-refractivity contribution >= 4 is 15.9 Å². The average molecular weight is 401 g/mol. The first kappa shape index (κ1) is 20.6. The van der Waals surface area contributed by atoms with E-state index in [9.17, 15) is 13.2 Å². The van der Waals surface area contributed by atoms with Crippen LogP contribution in [0.1, 0.15) is 29.5 Å². The number of nitrogens with one attached hydrogen (secondary N) is 1. The minimum absolute atomic E-state index is 0.0287. The Balaban J connectivity index is 1.50. The Morgan fingerprint density at radius 1 is 1.04 bits per heavy atom. The predicted octanol–water partition coefficient (Wildman–Crippen LogP) is 3.06. The number of sulfonamides is 1. The van der Waals surface area contributed by atoms with Gasteiger partial charge in [-0.05, 0) is 56.4 Å². The molecule has 2 aromatic rings. The van der Waals surface area contributed by atoms with Gasteiger partial charge in [0.05, 0.1) is 4.90 Å². The van der Waals surface area contributed by atoms with Crippen molar-refractivity contribution < 1.29 is 13.2 Å². The normalized spacial score (nSPS) is 16.1. The third kappa shape index (κ3) is 4.80. The number of carbonyl (C=O) groups is 1. The number of hydrogen-bond donors (Lipinski definition) is 1. The Morgan fingerprint density at radius 2 is 1.68 bits per heavy atom. The van der Waals surface area contributed by atoms with Crippen molar-refractivity contribution in [3.8, 4) is 0 Å². The summed E-state index contributed by atoms with van der Waals surface area (Å²) in [5.74, 6) is -0.0951. The Kier molecular flexibility index (Phi) is 6.52. The molecule has 150 valence electrons. The fourth-order valence-corrected chi connectivity index (χ4v) is 5.04. The lowest BCUT2D eigenvalue weighted by Gasteiger charge is -2.30. The van der Waals surface area contributed by atoms with Crippen LogP contribution in [-0.2, 0) is 21.2 Å². The van der Waals surface area contributed by atoms with Crippen LogP contribution in [0.2, 0.25) is 0 Å². The summed E-state index contributed by atoms with van der Waals surface area (Å²) >= 11 is 0. The number of benzene rings is 2. The van der Waals surface area contributed by atoms with Gasteiger partial charge in [0, 0.05) is 25.6 Å². The van der Waals surface area contributed by atoms with E-state index in [-0.39, 0.29) is 11.8 Å². The summed E-state index contributed by atoms with van der Waals surface area (Å²) in [6.45, 7) is 5.37. The maximum absolute atomic E-state index is 12.8. The molecule has 0 radical (unpaired) electrons. The minimum Gasteiger partial charge on any atom is -0.356 e. The molecule has 6 heteroatoms. The zero-order chi connectivity index (χ0) is 20.1. The van der Waals surface area contributed by atoms with Gasteiger partial charge >= 0.3 is 0 Å².